The average molecular weight is 488 g/mol. The zero-order chi connectivity index (χ0) is 18.8. The van der Waals surface area contributed by atoms with Crippen LogP contribution in [0.2, 0.25) is 0 Å². The maximum atomic E-state index is 5.42. The van der Waals surface area contributed by atoms with E-state index in [2.05, 4.69) is 42.4 Å². The molecule has 1 aliphatic heterocycles. The lowest BCUT2D eigenvalue weighted by Gasteiger charge is -2.34. The number of benzene rings is 1. The molecular formula is C21H37IN4O. The molecule has 1 aliphatic rings. The minimum absolute atomic E-state index is 0. The molecule has 0 saturated carbocycles. The highest BCUT2D eigenvalue weighted by Gasteiger charge is 2.20. The van der Waals surface area contributed by atoms with Crippen LogP contribution in [0.5, 0.6) is 5.75 Å². The fourth-order valence-electron chi connectivity index (χ4n) is 3.58. The number of ether oxygens (including phenoxy) is 1. The summed E-state index contributed by atoms with van der Waals surface area (Å²) in [7, 11) is 1.71. The number of likely N-dealkylation sites (tertiary alicyclic amines) is 1. The van der Waals surface area contributed by atoms with E-state index in [0.29, 0.717) is 12.5 Å². The fourth-order valence-corrected chi connectivity index (χ4v) is 3.58. The number of piperidine rings is 1. The van der Waals surface area contributed by atoms with Gasteiger partial charge in [0.25, 0.3) is 0 Å². The van der Waals surface area contributed by atoms with Gasteiger partial charge in [0.1, 0.15) is 5.75 Å². The van der Waals surface area contributed by atoms with Crippen molar-refractivity contribution in [1.29, 1.82) is 0 Å². The number of guanidine groups is 1. The number of methoxy groups -OCH3 is 1. The second-order valence-corrected chi connectivity index (χ2v) is 7.55. The molecule has 0 aromatic heterocycles. The third-order valence-electron chi connectivity index (χ3n) is 4.73. The normalized spacial score (nSPS) is 18.1. The van der Waals surface area contributed by atoms with Gasteiger partial charge < -0.3 is 20.3 Å². The number of hydrogen-bond donors (Lipinski definition) is 2. The summed E-state index contributed by atoms with van der Waals surface area (Å²) in [4.78, 5) is 7.36. The molecule has 1 heterocycles. The van der Waals surface area contributed by atoms with E-state index in [0.717, 1.165) is 36.3 Å². The third-order valence-corrected chi connectivity index (χ3v) is 4.73. The van der Waals surface area contributed by atoms with E-state index in [1.54, 1.807) is 7.11 Å². The van der Waals surface area contributed by atoms with Gasteiger partial charge in [-0.3, -0.25) is 0 Å². The first kappa shape index (κ1) is 24.0. The summed E-state index contributed by atoms with van der Waals surface area (Å²) < 4.78 is 5.42. The molecule has 1 aromatic rings. The molecule has 1 unspecified atom stereocenters. The Balaban J connectivity index is 0.00000364. The highest BCUT2D eigenvalue weighted by atomic mass is 127. The minimum Gasteiger partial charge on any atom is -0.496 e. The number of hydrogen-bond acceptors (Lipinski definition) is 3. The van der Waals surface area contributed by atoms with E-state index in [4.69, 9.17) is 9.73 Å². The lowest BCUT2D eigenvalue weighted by atomic mass is 9.97. The molecule has 6 heteroatoms. The van der Waals surface area contributed by atoms with Crippen molar-refractivity contribution in [3.05, 3.63) is 29.8 Å². The predicted octanol–water partition coefficient (Wildman–Crippen LogP) is 3.74. The van der Waals surface area contributed by atoms with Crippen LogP contribution >= 0.6 is 24.0 Å². The number of halogens is 1. The van der Waals surface area contributed by atoms with Crippen LogP contribution in [-0.4, -0.2) is 50.7 Å². The number of rotatable bonds is 8. The molecule has 27 heavy (non-hydrogen) atoms. The van der Waals surface area contributed by atoms with Crippen molar-refractivity contribution in [2.45, 2.75) is 40.2 Å². The molecule has 2 N–H and O–H groups in total. The molecule has 0 amide bonds. The Morgan fingerprint density at radius 2 is 2.07 bits per heavy atom. The van der Waals surface area contributed by atoms with Gasteiger partial charge in [-0.15, -0.1) is 24.0 Å². The lowest BCUT2D eigenvalue weighted by molar-refractivity contribution is 0.159. The number of nitrogens with one attached hydrogen (secondary N) is 2. The second-order valence-electron chi connectivity index (χ2n) is 7.55. The summed E-state index contributed by atoms with van der Waals surface area (Å²) in [5, 5.41) is 6.90. The molecule has 154 valence electrons. The van der Waals surface area contributed by atoms with Gasteiger partial charge in [0, 0.05) is 31.7 Å². The molecule has 1 aromatic carbocycles. The zero-order valence-electron chi connectivity index (χ0n) is 17.3. The summed E-state index contributed by atoms with van der Waals surface area (Å²) in [5.41, 5.74) is 1.10. The van der Waals surface area contributed by atoms with Crippen LogP contribution in [0, 0.1) is 11.8 Å². The van der Waals surface area contributed by atoms with E-state index in [9.17, 15) is 0 Å². The summed E-state index contributed by atoms with van der Waals surface area (Å²) in [5.74, 6) is 3.21. The molecular weight excluding hydrogens is 451 g/mol. The summed E-state index contributed by atoms with van der Waals surface area (Å²) >= 11 is 0. The van der Waals surface area contributed by atoms with Crippen LogP contribution in [-0.2, 0) is 6.54 Å². The fraction of sp³-hybridized carbons (Fsp3) is 0.667. The molecule has 2 rings (SSSR count). The first-order valence-electron chi connectivity index (χ1n) is 9.98. The van der Waals surface area contributed by atoms with Crippen LogP contribution in [0.3, 0.4) is 0 Å². The average Bonchev–Trinajstić information content (AvgIpc) is 2.64. The van der Waals surface area contributed by atoms with Crippen LogP contribution in [0.15, 0.2) is 29.3 Å². The third kappa shape index (κ3) is 8.68. The largest absolute Gasteiger partial charge is 0.496 e. The topological polar surface area (TPSA) is 48.9 Å². The van der Waals surface area contributed by atoms with Crippen molar-refractivity contribution in [2.75, 3.05) is 39.8 Å². The Morgan fingerprint density at radius 1 is 1.30 bits per heavy atom. The van der Waals surface area contributed by atoms with Crippen molar-refractivity contribution in [3.8, 4) is 5.75 Å². The molecule has 1 fully saturated rings. The van der Waals surface area contributed by atoms with Gasteiger partial charge in [-0.05, 0) is 44.2 Å². The first-order chi connectivity index (χ1) is 12.6. The maximum absolute atomic E-state index is 5.42. The molecule has 0 bridgehead atoms. The zero-order valence-corrected chi connectivity index (χ0v) is 19.7. The monoisotopic (exact) mass is 488 g/mol. The molecule has 1 saturated heterocycles. The molecule has 0 aliphatic carbocycles. The van der Waals surface area contributed by atoms with E-state index < -0.39 is 0 Å². The highest BCUT2D eigenvalue weighted by Crippen LogP contribution is 2.18. The van der Waals surface area contributed by atoms with Gasteiger partial charge in [0.2, 0.25) is 0 Å². The van der Waals surface area contributed by atoms with Crippen LogP contribution in [0.1, 0.15) is 39.2 Å². The number of para-hydroxylation sites is 1. The van der Waals surface area contributed by atoms with Crippen LogP contribution < -0.4 is 15.4 Å². The quantitative estimate of drug-likeness (QED) is 0.333. The van der Waals surface area contributed by atoms with Crippen LogP contribution in [0.4, 0.5) is 0 Å². The van der Waals surface area contributed by atoms with Crippen molar-refractivity contribution in [2.24, 2.45) is 16.8 Å². The second kappa shape index (κ2) is 13.2. The van der Waals surface area contributed by atoms with Gasteiger partial charge in [0.15, 0.2) is 5.96 Å². The Bertz CT molecular complexity index is 565. The smallest absolute Gasteiger partial charge is 0.191 e. The Labute approximate surface area is 182 Å². The lowest BCUT2D eigenvalue weighted by Crippen LogP contribution is -2.45. The minimum atomic E-state index is 0. The molecule has 0 spiro atoms. The summed E-state index contributed by atoms with van der Waals surface area (Å²) in [6.45, 7) is 12.8. The predicted molar refractivity (Wildman–Crippen MR) is 125 cm³/mol. The molecule has 5 nitrogen and oxygen atoms in total. The van der Waals surface area contributed by atoms with Gasteiger partial charge in [0.05, 0.1) is 13.7 Å². The Hall–Kier alpha value is -1.02. The molecule has 0 radical (unpaired) electrons. The van der Waals surface area contributed by atoms with Gasteiger partial charge >= 0.3 is 0 Å². The SMILES string of the molecule is CCNC(=NCc1ccccc1OC)NCC1CCCN(CC(C)C)C1.I. The number of aliphatic imine (C=N–C) groups is 1. The number of nitrogens with zero attached hydrogens (tertiary/aromatic N) is 2. The van der Waals surface area contributed by atoms with E-state index in [-0.39, 0.29) is 24.0 Å². The van der Waals surface area contributed by atoms with Crippen LogP contribution in [0.25, 0.3) is 0 Å². The van der Waals surface area contributed by atoms with Crippen molar-refractivity contribution < 1.29 is 4.74 Å². The van der Waals surface area contributed by atoms with E-state index in [1.165, 1.54) is 32.5 Å². The van der Waals surface area contributed by atoms with E-state index in [1.807, 2.05) is 18.2 Å². The Kier molecular flexibility index (Phi) is 11.7. The van der Waals surface area contributed by atoms with Gasteiger partial charge in [-0.2, -0.15) is 0 Å². The summed E-state index contributed by atoms with van der Waals surface area (Å²) in [6, 6.07) is 8.06. The molecule has 1 atom stereocenters. The maximum Gasteiger partial charge on any atom is 0.191 e. The van der Waals surface area contributed by atoms with Gasteiger partial charge in [-0.25, -0.2) is 4.99 Å². The Morgan fingerprint density at radius 3 is 2.78 bits per heavy atom. The standard InChI is InChI=1S/C21H36N4O.HI/c1-5-22-21(24-14-19-10-6-7-11-20(19)26-4)23-13-18-9-8-12-25(16-18)15-17(2)3;/h6-7,10-11,17-18H,5,8-9,12-16H2,1-4H3,(H2,22,23,24);1H. The first-order valence-corrected chi connectivity index (χ1v) is 9.98. The van der Waals surface area contributed by atoms with Crippen molar-refractivity contribution >= 4 is 29.9 Å². The van der Waals surface area contributed by atoms with Gasteiger partial charge in [-0.1, -0.05) is 32.0 Å². The highest BCUT2D eigenvalue weighted by molar-refractivity contribution is 14.0. The van der Waals surface area contributed by atoms with E-state index >= 15 is 0 Å². The van der Waals surface area contributed by atoms with Crippen molar-refractivity contribution in [3.63, 3.8) is 0 Å². The summed E-state index contributed by atoms with van der Waals surface area (Å²) in [6.07, 6.45) is 2.60. The van der Waals surface area contributed by atoms with Crippen molar-refractivity contribution in [1.82, 2.24) is 15.5 Å².